The van der Waals surface area contributed by atoms with Crippen molar-refractivity contribution in [1.29, 1.82) is 0 Å². The molecule has 2 aromatic rings. The van der Waals surface area contributed by atoms with Crippen molar-refractivity contribution in [3.8, 4) is 11.5 Å². The number of nitrogens with zero attached hydrogens (tertiary/aromatic N) is 4. The van der Waals surface area contributed by atoms with Crippen LogP contribution in [0.15, 0.2) is 18.2 Å². The highest BCUT2D eigenvalue weighted by Gasteiger charge is 2.17. The summed E-state index contributed by atoms with van der Waals surface area (Å²) in [6, 6.07) is 5.46. The predicted octanol–water partition coefficient (Wildman–Crippen LogP) is 2.93. The number of carboxylic acid groups (broad SMARTS) is 1. The molecule has 1 aliphatic rings. The number of benzene rings is 1. The Labute approximate surface area is 153 Å². The molecule has 0 fully saturated rings. The van der Waals surface area contributed by atoms with Crippen LogP contribution in [0, 0.1) is 0 Å². The molecule has 0 saturated heterocycles. The van der Waals surface area contributed by atoms with E-state index in [1.807, 2.05) is 24.1 Å². The number of anilines is 1. The van der Waals surface area contributed by atoms with E-state index in [1.165, 1.54) is 16.4 Å². The average molecular weight is 385 g/mol. The van der Waals surface area contributed by atoms with Gasteiger partial charge in [-0.25, -0.2) is 4.79 Å². The molecule has 10 heteroatoms. The SMILES string of the molecule is CN(CCCN(Cc1ccc2c(c1)OCO2)C(=O)O)c1nc(Cl)ns1. The lowest BCUT2D eigenvalue weighted by Crippen LogP contribution is -2.32. The van der Waals surface area contributed by atoms with Crippen LogP contribution in [0.5, 0.6) is 11.5 Å². The van der Waals surface area contributed by atoms with Crippen molar-refractivity contribution in [3.63, 3.8) is 0 Å². The zero-order valence-corrected chi connectivity index (χ0v) is 15.1. The molecule has 1 N–H and O–H groups in total. The van der Waals surface area contributed by atoms with E-state index in [0.717, 1.165) is 5.56 Å². The van der Waals surface area contributed by atoms with Gasteiger partial charge in [-0.3, -0.25) is 0 Å². The van der Waals surface area contributed by atoms with Crippen LogP contribution in [0.3, 0.4) is 0 Å². The van der Waals surface area contributed by atoms with E-state index in [1.54, 1.807) is 6.07 Å². The van der Waals surface area contributed by atoms with Gasteiger partial charge in [0.1, 0.15) is 0 Å². The number of aromatic nitrogens is 2. The molecule has 0 atom stereocenters. The topological polar surface area (TPSA) is 88.0 Å². The second kappa shape index (κ2) is 7.75. The lowest BCUT2D eigenvalue weighted by atomic mass is 10.2. The number of hydrogen-bond donors (Lipinski definition) is 1. The van der Waals surface area contributed by atoms with Gasteiger partial charge >= 0.3 is 6.09 Å². The molecule has 25 heavy (non-hydrogen) atoms. The molecule has 0 radical (unpaired) electrons. The van der Waals surface area contributed by atoms with Crippen molar-refractivity contribution < 1.29 is 19.4 Å². The summed E-state index contributed by atoms with van der Waals surface area (Å²) in [4.78, 5) is 18.9. The van der Waals surface area contributed by atoms with Crippen molar-refractivity contribution in [2.24, 2.45) is 0 Å². The summed E-state index contributed by atoms with van der Waals surface area (Å²) in [5, 5.41) is 10.4. The monoisotopic (exact) mass is 384 g/mol. The van der Waals surface area contributed by atoms with Crippen molar-refractivity contribution in [3.05, 3.63) is 29.0 Å². The lowest BCUT2D eigenvalue weighted by Gasteiger charge is -2.21. The van der Waals surface area contributed by atoms with Crippen LogP contribution in [-0.2, 0) is 6.54 Å². The van der Waals surface area contributed by atoms with Gasteiger partial charge in [-0.05, 0) is 35.7 Å². The minimum atomic E-state index is -0.959. The molecule has 0 unspecified atom stereocenters. The summed E-state index contributed by atoms with van der Waals surface area (Å²) >= 11 is 6.93. The van der Waals surface area contributed by atoms with Crippen molar-refractivity contribution in [1.82, 2.24) is 14.3 Å². The fourth-order valence-corrected chi connectivity index (χ4v) is 3.24. The smallest absolute Gasteiger partial charge is 0.407 e. The molecule has 1 amide bonds. The molecule has 8 nitrogen and oxygen atoms in total. The van der Waals surface area contributed by atoms with Crippen molar-refractivity contribution in [2.45, 2.75) is 13.0 Å². The van der Waals surface area contributed by atoms with Gasteiger partial charge in [0.2, 0.25) is 17.2 Å². The van der Waals surface area contributed by atoms with Crippen LogP contribution in [0.25, 0.3) is 0 Å². The Morgan fingerprint density at radius 2 is 2.16 bits per heavy atom. The van der Waals surface area contributed by atoms with E-state index < -0.39 is 6.09 Å². The summed E-state index contributed by atoms with van der Waals surface area (Å²) in [7, 11) is 1.87. The Kier molecular flexibility index (Phi) is 5.44. The molecule has 1 aliphatic heterocycles. The largest absolute Gasteiger partial charge is 0.465 e. The highest BCUT2D eigenvalue weighted by atomic mass is 35.5. The third-order valence-electron chi connectivity index (χ3n) is 3.72. The first-order valence-electron chi connectivity index (χ1n) is 7.59. The number of fused-ring (bicyclic) bond motifs is 1. The van der Waals surface area contributed by atoms with E-state index in [-0.39, 0.29) is 12.1 Å². The first-order valence-corrected chi connectivity index (χ1v) is 8.75. The van der Waals surface area contributed by atoms with Gasteiger partial charge in [-0.1, -0.05) is 6.07 Å². The fourth-order valence-electron chi connectivity index (χ4n) is 2.45. The van der Waals surface area contributed by atoms with Crippen LogP contribution in [-0.4, -0.2) is 52.4 Å². The van der Waals surface area contributed by atoms with Crippen LogP contribution in [0.1, 0.15) is 12.0 Å². The maximum Gasteiger partial charge on any atom is 0.407 e. The minimum Gasteiger partial charge on any atom is -0.465 e. The zero-order chi connectivity index (χ0) is 17.8. The molecule has 1 aromatic carbocycles. The van der Waals surface area contributed by atoms with Crippen molar-refractivity contribution >= 4 is 34.4 Å². The predicted molar refractivity (Wildman–Crippen MR) is 93.8 cm³/mol. The normalized spacial score (nSPS) is 12.2. The maximum absolute atomic E-state index is 11.5. The third-order valence-corrected chi connectivity index (χ3v) is 4.82. The molecule has 1 aromatic heterocycles. The Morgan fingerprint density at radius 1 is 1.36 bits per heavy atom. The van der Waals surface area contributed by atoms with E-state index >= 15 is 0 Å². The van der Waals surface area contributed by atoms with E-state index in [2.05, 4.69) is 9.36 Å². The Balaban J connectivity index is 1.54. The molecule has 2 heterocycles. The van der Waals surface area contributed by atoms with E-state index in [9.17, 15) is 9.90 Å². The number of halogens is 1. The maximum atomic E-state index is 11.5. The molecule has 0 spiro atoms. The summed E-state index contributed by atoms with van der Waals surface area (Å²) in [6.45, 7) is 1.54. The molecule has 0 bridgehead atoms. The second-order valence-corrected chi connectivity index (χ2v) is 6.58. The number of amides is 1. The molecular weight excluding hydrogens is 368 g/mol. The number of hydrogen-bond acceptors (Lipinski definition) is 7. The Morgan fingerprint density at radius 3 is 2.88 bits per heavy atom. The van der Waals surface area contributed by atoms with Crippen LogP contribution in [0.4, 0.5) is 9.93 Å². The van der Waals surface area contributed by atoms with Gasteiger partial charge in [0.25, 0.3) is 0 Å². The fraction of sp³-hybridized carbons (Fsp3) is 0.400. The Bertz CT molecular complexity index is 757. The summed E-state index contributed by atoms with van der Waals surface area (Å²) < 4.78 is 14.5. The van der Waals surface area contributed by atoms with Gasteiger partial charge in [0.15, 0.2) is 11.5 Å². The van der Waals surface area contributed by atoms with Gasteiger partial charge < -0.3 is 24.4 Å². The molecule has 0 saturated carbocycles. The first kappa shape index (κ1) is 17.6. The molecule has 3 rings (SSSR count). The standard InChI is InChI=1S/C15H17ClN4O4S/c1-19(14-17-13(16)18-25-14)5-2-6-20(15(21)22)8-10-3-4-11-12(7-10)24-9-23-11/h3-4,7H,2,5-6,8-9H2,1H3,(H,21,22). The second-order valence-electron chi connectivity index (χ2n) is 5.51. The molecule has 134 valence electrons. The van der Waals surface area contributed by atoms with Gasteiger partial charge in [0, 0.05) is 38.2 Å². The quantitative estimate of drug-likeness (QED) is 0.785. The average Bonchev–Trinajstić information content (AvgIpc) is 3.21. The number of ether oxygens (including phenoxy) is 2. The number of rotatable bonds is 7. The van der Waals surface area contributed by atoms with Gasteiger partial charge in [0.05, 0.1) is 0 Å². The van der Waals surface area contributed by atoms with E-state index in [4.69, 9.17) is 21.1 Å². The Hall–Kier alpha value is -2.26. The van der Waals surface area contributed by atoms with Crippen LogP contribution < -0.4 is 14.4 Å². The highest BCUT2D eigenvalue weighted by molar-refractivity contribution is 7.09. The number of carbonyl (C=O) groups is 1. The lowest BCUT2D eigenvalue weighted by molar-refractivity contribution is 0.142. The zero-order valence-electron chi connectivity index (χ0n) is 13.5. The summed E-state index contributed by atoms with van der Waals surface area (Å²) in [6.07, 6.45) is -0.302. The van der Waals surface area contributed by atoms with Crippen LogP contribution >= 0.6 is 23.1 Å². The first-order chi connectivity index (χ1) is 12.0. The van der Waals surface area contributed by atoms with E-state index in [0.29, 0.717) is 42.7 Å². The third kappa shape index (κ3) is 4.43. The van der Waals surface area contributed by atoms with Gasteiger partial charge in [-0.2, -0.15) is 9.36 Å². The molecular formula is C15H17ClN4O4S. The molecule has 0 aliphatic carbocycles. The van der Waals surface area contributed by atoms with Crippen molar-refractivity contribution in [2.75, 3.05) is 31.8 Å². The van der Waals surface area contributed by atoms with Gasteiger partial charge in [-0.15, -0.1) is 0 Å². The van der Waals surface area contributed by atoms with Crippen LogP contribution in [0.2, 0.25) is 5.28 Å². The summed E-state index contributed by atoms with van der Waals surface area (Å²) in [5.74, 6) is 1.33. The highest BCUT2D eigenvalue weighted by Crippen LogP contribution is 2.32. The summed E-state index contributed by atoms with van der Waals surface area (Å²) in [5.41, 5.74) is 0.857. The minimum absolute atomic E-state index is 0.198.